The summed E-state index contributed by atoms with van der Waals surface area (Å²) in [7, 11) is -2.95. The molecule has 9 heteroatoms. The van der Waals surface area contributed by atoms with Gasteiger partial charge in [-0.3, -0.25) is 0 Å². The van der Waals surface area contributed by atoms with Crippen LogP contribution < -0.4 is 5.32 Å². The normalized spacial score (nSPS) is 19.9. The van der Waals surface area contributed by atoms with Crippen molar-refractivity contribution in [2.24, 2.45) is 0 Å². The van der Waals surface area contributed by atoms with E-state index >= 15 is 0 Å². The van der Waals surface area contributed by atoms with Gasteiger partial charge in [0.25, 0.3) is 0 Å². The lowest BCUT2D eigenvalue weighted by atomic mass is 10.2. The van der Waals surface area contributed by atoms with Gasteiger partial charge in [-0.25, -0.2) is 18.4 Å². The van der Waals surface area contributed by atoms with E-state index in [0.29, 0.717) is 23.4 Å². The Morgan fingerprint density at radius 1 is 1.17 bits per heavy atom. The number of nitrogens with zero attached hydrogens (tertiary/aromatic N) is 5. The average Bonchev–Trinajstić information content (AvgIpc) is 3.12. The molecule has 0 amide bonds. The molecule has 0 unspecified atom stereocenters. The molecular weight excluding hydrogens is 316 g/mol. The van der Waals surface area contributed by atoms with Gasteiger partial charge < -0.3 is 5.32 Å². The Balaban J connectivity index is 1.71. The van der Waals surface area contributed by atoms with Gasteiger partial charge in [-0.1, -0.05) is 23.4 Å². The maximum Gasteiger partial charge on any atom is 0.188 e. The smallest absolute Gasteiger partial charge is 0.188 e. The van der Waals surface area contributed by atoms with Gasteiger partial charge in [0.1, 0.15) is 6.33 Å². The molecular formula is C14H14N6O2S. The predicted octanol–water partition coefficient (Wildman–Crippen LogP) is 0.809. The quantitative estimate of drug-likeness (QED) is 0.758. The second kappa shape index (κ2) is 5.27. The minimum atomic E-state index is -2.95. The molecule has 1 saturated heterocycles. The van der Waals surface area contributed by atoms with Crippen LogP contribution in [0, 0.1) is 0 Å². The van der Waals surface area contributed by atoms with Crippen LogP contribution in [0.4, 0.5) is 5.82 Å². The molecule has 0 spiro atoms. The Morgan fingerprint density at radius 2 is 2.00 bits per heavy atom. The summed E-state index contributed by atoms with van der Waals surface area (Å²) >= 11 is 0. The van der Waals surface area contributed by atoms with Crippen LogP contribution in [-0.2, 0) is 9.84 Å². The fourth-order valence-corrected chi connectivity index (χ4v) is 4.37. The number of hydrogen-bond donors (Lipinski definition) is 1. The molecule has 0 saturated carbocycles. The Hall–Kier alpha value is -2.55. The zero-order valence-electron chi connectivity index (χ0n) is 12.1. The van der Waals surface area contributed by atoms with Gasteiger partial charge in [-0.15, -0.1) is 5.10 Å². The molecule has 0 bridgehead atoms. The number of fused-ring (bicyclic) bond motifs is 1. The van der Waals surface area contributed by atoms with Crippen molar-refractivity contribution in [1.29, 1.82) is 0 Å². The fraction of sp³-hybridized carbons (Fsp3) is 0.286. The second-order valence-corrected chi connectivity index (χ2v) is 7.70. The lowest BCUT2D eigenvalue weighted by Gasteiger charge is -2.11. The lowest BCUT2D eigenvalue weighted by Crippen LogP contribution is -2.21. The van der Waals surface area contributed by atoms with Gasteiger partial charge in [0.05, 0.1) is 17.2 Å². The maximum absolute atomic E-state index is 11.6. The first kappa shape index (κ1) is 14.1. The largest absolute Gasteiger partial charge is 0.364 e. The highest BCUT2D eigenvalue weighted by atomic mass is 32.2. The van der Waals surface area contributed by atoms with Gasteiger partial charge in [0.2, 0.25) is 0 Å². The van der Waals surface area contributed by atoms with Crippen LogP contribution in [-0.4, -0.2) is 50.9 Å². The fourth-order valence-electron chi connectivity index (χ4n) is 2.70. The molecule has 1 aliphatic rings. The summed E-state index contributed by atoms with van der Waals surface area (Å²) < 4.78 is 24.8. The molecule has 3 heterocycles. The molecule has 1 aromatic carbocycles. The number of benzene rings is 1. The highest BCUT2D eigenvalue weighted by molar-refractivity contribution is 7.91. The number of hydrogen-bond acceptors (Lipinski definition) is 7. The van der Waals surface area contributed by atoms with E-state index in [1.54, 1.807) is 4.68 Å². The van der Waals surface area contributed by atoms with Crippen molar-refractivity contribution in [3.8, 4) is 5.69 Å². The summed E-state index contributed by atoms with van der Waals surface area (Å²) in [6.45, 7) is 0. The minimum Gasteiger partial charge on any atom is -0.364 e. The summed E-state index contributed by atoms with van der Waals surface area (Å²) in [5.74, 6) is 0.834. The van der Waals surface area contributed by atoms with Crippen LogP contribution in [0.15, 0.2) is 36.7 Å². The summed E-state index contributed by atoms with van der Waals surface area (Å²) in [4.78, 5) is 8.44. The molecule has 1 fully saturated rings. The van der Waals surface area contributed by atoms with Crippen LogP contribution >= 0.6 is 0 Å². The Bertz CT molecular complexity index is 954. The van der Waals surface area contributed by atoms with E-state index < -0.39 is 9.84 Å². The van der Waals surface area contributed by atoms with Crippen molar-refractivity contribution in [3.05, 3.63) is 36.7 Å². The number of rotatable bonds is 3. The molecule has 2 aromatic heterocycles. The van der Waals surface area contributed by atoms with Gasteiger partial charge >= 0.3 is 0 Å². The molecule has 0 aliphatic carbocycles. The zero-order valence-corrected chi connectivity index (χ0v) is 12.9. The molecule has 0 radical (unpaired) electrons. The van der Waals surface area contributed by atoms with Crippen molar-refractivity contribution < 1.29 is 8.42 Å². The number of anilines is 1. The summed E-state index contributed by atoms with van der Waals surface area (Å²) in [6.07, 6.45) is 2.00. The maximum atomic E-state index is 11.6. The zero-order chi connectivity index (χ0) is 15.9. The first-order valence-electron chi connectivity index (χ1n) is 7.21. The summed E-state index contributed by atoms with van der Waals surface area (Å²) in [5, 5.41) is 11.4. The topological polar surface area (TPSA) is 103 Å². The SMILES string of the molecule is O=S1(=O)CC[C@@H](Nc2ncnc3c2nnn3-c2ccccc2)C1. The number of sulfone groups is 1. The molecule has 1 N–H and O–H groups in total. The van der Waals surface area contributed by atoms with E-state index in [1.165, 1.54) is 6.33 Å². The van der Waals surface area contributed by atoms with Crippen molar-refractivity contribution in [3.63, 3.8) is 0 Å². The van der Waals surface area contributed by atoms with Gasteiger partial charge in [-0.05, 0) is 18.6 Å². The van der Waals surface area contributed by atoms with E-state index in [4.69, 9.17) is 0 Å². The van der Waals surface area contributed by atoms with E-state index in [0.717, 1.165) is 5.69 Å². The van der Waals surface area contributed by atoms with Crippen LogP contribution in [0.1, 0.15) is 6.42 Å². The van der Waals surface area contributed by atoms with E-state index in [-0.39, 0.29) is 17.5 Å². The monoisotopic (exact) mass is 330 g/mol. The first-order chi connectivity index (χ1) is 11.1. The third-order valence-electron chi connectivity index (χ3n) is 3.81. The van der Waals surface area contributed by atoms with Crippen molar-refractivity contribution in [1.82, 2.24) is 25.0 Å². The number of para-hydroxylation sites is 1. The van der Waals surface area contributed by atoms with Gasteiger partial charge in [0, 0.05) is 6.04 Å². The minimum absolute atomic E-state index is 0.116. The average molecular weight is 330 g/mol. The third kappa shape index (κ3) is 2.63. The van der Waals surface area contributed by atoms with E-state index in [1.807, 2.05) is 30.3 Å². The van der Waals surface area contributed by atoms with Crippen molar-refractivity contribution in [2.45, 2.75) is 12.5 Å². The number of nitrogens with one attached hydrogen (secondary N) is 1. The third-order valence-corrected chi connectivity index (χ3v) is 5.58. The van der Waals surface area contributed by atoms with Crippen LogP contribution in [0.3, 0.4) is 0 Å². The number of aromatic nitrogens is 5. The van der Waals surface area contributed by atoms with Crippen molar-refractivity contribution >= 4 is 26.8 Å². The van der Waals surface area contributed by atoms with Gasteiger partial charge in [0.15, 0.2) is 26.8 Å². The molecule has 1 aliphatic heterocycles. The lowest BCUT2D eigenvalue weighted by molar-refractivity contribution is 0.602. The molecule has 118 valence electrons. The Labute approximate surface area is 132 Å². The highest BCUT2D eigenvalue weighted by Crippen LogP contribution is 2.22. The summed E-state index contributed by atoms with van der Waals surface area (Å²) in [5.41, 5.74) is 1.96. The van der Waals surface area contributed by atoms with E-state index in [2.05, 4.69) is 25.6 Å². The second-order valence-electron chi connectivity index (χ2n) is 5.48. The van der Waals surface area contributed by atoms with Crippen LogP contribution in [0.25, 0.3) is 16.9 Å². The van der Waals surface area contributed by atoms with Gasteiger partial charge in [-0.2, -0.15) is 4.68 Å². The highest BCUT2D eigenvalue weighted by Gasteiger charge is 2.28. The Kier molecular flexibility index (Phi) is 3.22. The molecule has 23 heavy (non-hydrogen) atoms. The molecule has 8 nitrogen and oxygen atoms in total. The summed E-state index contributed by atoms with van der Waals surface area (Å²) in [6, 6.07) is 9.41. The Morgan fingerprint density at radius 3 is 2.74 bits per heavy atom. The van der Waals surface area contributed by atoms with Crippen molar-refractivity contribution in [2.75, 3.05) is 16.8 Å². The van der Waals surface area contributed by atoms with Crippen LogP contribution in [0.2, 0.25) is 0 Å². The standard InChI is InChI=1S/C14H14N6O2S/c21-23(22)7-6-10(8-23)17-13-12-14(16-9-15-13)20(19-18-12)11-4-2-1-3-5-11/h1-5,9-10H,6-8H2,(H,15,16,17)/t10-/m1/s1. The van der Waals surface area contributed by atoms with E-state index in [9.17, 15) is 8.42 Å². The van der Waals surface area contributed by atoms with Crippen LogP contribution in [0.5, 0.6) is 0 Å². The first-order valence-corrected chi connectivity index (χ1v) is 9.03. The molecule has 1 atom stereocenters. The predicted molar refractivity (Wildman–Crippen MR) is 85.1 cm³/mol. The molecule has 3 aromatic rings. The molecule has 4 rings (SSSR count).